The summed E-state index contributed by atoms with van der Waals surface area (Å²) in [4.78, 5) is 18.1. The maximum atomic E-state index is 13.6. The van der Waals surface area contributed by atoms with Crippen molar-refractivity contribution >= 4 is 29.0 Å². The Labute approximate surface area is 265 Å². The van der Waals surface area contributed by atoms with Crippen LogP contribution in [-0.4, -0.2) is 53.1 Å². The van der Waals surface area contributed by atoms with Crippen LogP contribution in [-0.2, 0) is 12.0 Å². The highest BCUT2D eigenvalue weighted by Crippen LogP contribution is 2.47. The highest BCUT2D eigenvalue weighted by molar-refractivity contribution is 6.42. The van der Waals surface area contributed by atoms with E-state index in [1.165, 1.54) is 54.5 Å². The van der Waals surface area contributed by atoms with Crippen molar-refractivity contribution in [3.8, 4) is 5.75 Å². The molecule has 0 spiro atoms. The number of methoxy groups -OCH3 is 1. The number of imidazole rings is 1. The van der Waals surface area contributed by atoms with Gasteiger partial charge in [0.1, 0.15) is 5.75 Å². The summed E-state index contributed by atoms with van der Waals surface area (Å²) < 4.78 is 8.63. The van der Waals surface area contributed by atoms with Crippen LogP contribution in [0.15, 0.2) is 73.1 Å². The first kappa shape index (κ1) is 29.9. The topological polar surface area (TPSA) is 44.1 Å². The van der Waals surface area contributed by atoms with E-state index in [-0.39, 0.29) is 11.7 Å². The summed E-state index contributed by atoms with van der Waals surface area (Å²) in [6, 6.07) is 20.4. The summed E-state index contributed by atoms with van der Waals surface area (Å²) in [7, 11) is 1.58. The second kappa shape index (κ2) is 12.1. The molecule has 7 rings (SSSR count). The molecule has 0 radical (unpaired) electrons. The lowest BCUT2D eigenvalue weighted by Gasteiger charge is -2.55. The Morgan fingerprint density at radius 3 is 2.35 bits per heavy atom. The number of para-hydroxylation sites is 1. The normalized spacial score (nSPS) is 22.0. The van der Waals surface area contributed by atoms with Crippen molar-refractivity contribution in [3.63, 3.8) is 0 Å². The molecule has 7 heteroatoms. The van der Waals surface area contributed by atoms with Gasteiger partial charge in [0.15, 0.2) is 5.82 Å². The molecule has 4 aromatic rings. The summed E-state index contributed by atoms with van der Waals surface area (Å²) in [5.41, 5.74) is 6.25. The number of carbonyl (C=O) groups is 1. The fourth-order valence-corrected chi connectivity index (χ4v) is 7.83. The predicted octanol–water partition coefficient (Wildman–Crippen LogP) is 8.17. The molecule has 43 heavy (non-hydrogen) atoms. The minimum absolute atomic E-state index is 0.146. The Balaban J connectivity index is 1.23. The van der Waals surface area contributed by atoms with Crippen LogP contribution in [0.2, 0.25) is 10.0 Å². The number of ether oxygens (including phenoxy) is 1. The summed E-state index contributed by atoms with van der Waals surface area (Å²) in [5, 5.41) is 1.11. The summed E-state index contributed by atoms with van der Waals surface area (Å²) in [6.45, 7) is 9.80. The van der Waals surface area contributed by atoms with E-state index in [1.54, 1.807) is 31.0 Å². The number of benzene rings is 3. The van der Waals surface area contributed by atoms with E-state index in [0.717, 1.165) is 18.5 Å². The van der Waals surface area contributed by atoms with Gasteiger partial charge in [-0.15, -0.1) is 0 Å². The van der Waals surface area contributed by atoms with Gasteiger partial charge in [0.25, 0.3) is 0 Å². The minimum Gasteiger partial charge on any atom is -0.496 e. The lowest BCUT2D eigenvalue weighted by atomic mass is 9.66. The zero-order valence-corrected chi connectivity index (χ0v) is 26.8. The van der Waals surface area contributed by atoms with Gasteiger partial charge >= 0.3 is 0 Å². The number of ketones is 1. The van der Waals surface area contributed by atoms with Crippen molar-refractivity contribution < 1.29 is 14.0 Å². The van der Waals surface area contributed by atoms with Gasteiger partial charge < -0.3 is 13.8 Å². The molecule has 0 amide bonds. The summed E-state index contributed by atoms with van der Waals surface area (Å²) in [5.74, 6) is 0.961. The number of fused-ring (bicyclic) bond motifs is 3. The largest absolute Gasteiger partial charge is 0.496 e. The van der Waals surface area contributed by atoms with Crippen LogP contribution in [0.4, 0.5) is 0 Å². The molecule has 1 aromatic heterocycles. The minimum atomic E-state index is -0.146. The van der Waals surface area contributed by atoms with E-state index in [2.05, 4.69) is 43.1 Å². The van der Waals surface area contributed by atoms with E-state index in [9.17, 15) is 4.79 Å². The van der Waals surface area contributed by atoms with Crippen LogP contribution in [0.25, 0.3) is 0 Å². The van der Waals surface area contributed by atoms with E-state index in [4.69, 9.17) is 27.9 Å². The zero-order valence-electron chi connectivity index (χ0n) is 25.3. The van der Waals surface area contributed by atoms with Crippen molar-refractivity contribution in [2.75, 3.05) is 33.3 Å². The molecular weight excluding hydrogens is 577 g/mol. The maximum absolute atomic E-state index is 13.6. The molecule has 3 aliphatic rings. The van der Waals surface area contributed by atoms with Gasteiger partial charge in [0.2, 0.25) is 5.78 Å². The summed E-state index contributed by atoms with van der Waals surface area (Å²) >= 11 is 12.8. The molecular formula is C36H40Cl2N3O2+. The molecule has 0 saturated carbocycles. The first-order valence-electron chi connectivity index (χ1n) is 15.3. The van der Waals surface area contributed by atoms with Crippen molar-refractivity contribution in [2.24, 2.45) is 0 Å². The molecule has 1 atom stereocenters. The van der Waals surface area contributed by atoms with Crippen LogP contribution in [0.5, 0.6) is 5.75 Å². The average molecular weight is 618 g/mol. The van der Waals surface area contributed by atoms with Crippen molar-refractivity contribution in [3.05, 3.63) is 117 Å². The van der Waals surface area contributed by atoms with E-state index in [0.29, 0.717) is 39.1 Å². The van der Waals surface area contributed by atoms with Crippen LogP contribution in [0, 0.1) is 13.8 Å². The quantitative estimate of drug-likeness (QED) is 0.133. The third kappa shape index (κ3) is 6.00. The molecule has 0 aliphatic carbocycles. The number of hydrogen-bond acceptors (Lipinski definition) is 3. The number of aromatic nitrogens is 2. The van der Waals surface area contributed by atoms with Crippen LogP contribution in [0.3, 0.4) is 0 Å². The molecule has 3 aromatic carbocycles. The smallest absolute Gasteiger partial charge is 0.232 e. The Morgan fingerprint density at radius 2 is 1.67 bits per heavy atom. The second-order valence-corrected chi connectivity index (χ2v) is 13.5. The van der Waals surface area contributed by atoms with E-state index in [1.807, 2.05) is 35.0 Å². The highest BCUT2D eigenvalue weighted by atomic mass is 35.5. The van der Waals surface area contributed by atoms with Crippen molar-refractivity contribution in [1.29, 1.82) is 0 Å². The zero-order chi connectivity index (χ0) is 30.2. The number of aryl methyl sites for hydroxylation is 2. The van der Waals surface area contributed by atoms with Crippen molar-refractivity contribution in [1.82, 2.24) is 9.55 Å². The Morgan fingerprint density at radius 1 is 0.977 bits per heavy atom. The van der Waals surface area contributed by atoms with Gasteiger partial charge in [-0.2, -0.15) is 0 Å². The molecule has 0 N–H and O–H groups in total. The second-order valence-electron chi connectivity index (χ2n) is 12.7. The molecule has 3 aliphatic heterocycles. The SMILES string of the molecule is COc1ccccc1C(=O)c1nccn1CC(CC[N+]12CCC(c3cc(C)cc(C)c3)(CC1)CC2)c1ccc(Cl)c(Cl)c1. The van der Waals surface area contributed by atoms with Gasteiger partial charge in [0, 0.05) is 56.0 Å². The van der Waals surface area contributed by atoms with E-state index < -0.39 is 0 Å². The third-order valence-corrected chi connectivity index (χ3v) is 10.8. The molecule has 5 nitrogen and oxygen atoms in total. The molecule has 1 unspecified atom stereocenters. The van der Waals surface area contributed by atoms with Gasteiger partial charge in [-0.1, -0.05) is 70.7 Å². The lowest BCUT2D eigenvalue weighted by molar-refractivity contribution is -0.943. The standard InChI is InChI=1S/C36H40Cl2N3O2/c1-25-20-26(2)22-29(21-25)36-11-17-41(18-12-36,19-13-36)16-10-28(27-8-9-31(37)32(38)23-27)24-40-15-14-39-35(40)34(42)30-6-4-5-7-33(30)43-3/h4-9,14-15,20-23,28H,10-13,16-19,24H2,1-3H3/q+1. The Hall–Kier alpha value is -3.12. The van der Waals surface area contributed by atoms with Gasteiger partial charge in [0.05, 0.1) is 48.9 Å². The molecule has 4 heterocycles. The van der Waals surface area contributed by atoms with Gasteiger partial charge in [-0.25, -0.2) is 4.98 Å². The number of halogens is 2. The average Bonchev–Trinajstić information content (AvgIpc) is 3.49. The maximum Gasteiger partial charge on any atom is 0.232 e. The van der Waals surface area contributed by atoms with Crippen molar-refractivity contribution in [2.45, 2.75) is 57.4 Å². The number of hydrogen-bond donors (Lipinski definition) is 0. The fourth-order valence-electron chi connectivity index (χ4n) is 7.53. The molecule has 3 saturated heterocycles. The number of quaternary nitrogens is 1. The highest BCUT2D eigenvalue weighted by Gasteiger charge is 2.49. The number of piperidine rings is 3. The number of carbonyl (C=O) groups excluding carboxylic acids is 1. The molecule has 224 valence electrons. The van der Waals surface area contributed by atoms with E-state index >= 15 is 0 Å². The van der Waals surface area contributed by atoms with Crippen LogP contribution < -0.4 is 4.74 Å². The fraction of sp³-hybridized carbons (Fsp3) is 0.389. The number of rotatable bonds is 10. The monoisotopic (exact) mass is 616 g/mol. The Bertz CT molecular complexity index is 1600. The van der Waals surface area contributed by atoms with Crippen LogP contribution in [0.1, 0.15) is 70.0 Å². The third-order valence-electron chi connectivity index (χ3n) is 10.1. The number of nitrogens with zero attached hydrogens (tertiary/aromatic N) is 3. The Kier molecular flexibility index (Phi) is 8.43. The first-order chi connectivity index (χ1) is 20.7. The molecule has 3 fully saturated rings. The van der Waals surface area contributed by atoms with Gasteiger partial charge in [-0.05, 0) is 49.2 Å². The predicted molar refractivity (Wildman–Crippen MR) is 174 cm³/mol. The lowest BCUT2D eigenvalue weighted by Crippen LogP contribution is -2.63. The van der Waals surface area contributed by atoms with Gasteiger partial charge in [-0.3, -0.25) is 4.79 Å². The summed E-state index contributed by atoms with van der Waals surface area (Å²) in [6.07, 6.45) is 8.32. The molecule has 2 bridgehead atoms. The first-order valence-corrected chi connectivity index (χ1v) is 16.0. The van der Waals surface area contributed by atoms with Crippen LogP contribution >= 0.6 is 23.2 Å².